The molecular weight excluding hydrogens is 246 g/mol. The van der Waals surface area contributed by atoms with Crippen molar-refractivity contribution in [2.24, 2.45) is 0 Å². The van der Waals surface area contributed by atoms with E-state index < -0.39 is 0 Å². The maximum Gasteiger partial charge on any atom is 0.231 e. The van der Waals surface area contributed by atoms with Crippen molar-refractivity contribution in [2.75, 3.05) is 33.1 Å². The van der Waals surface area contributed by atoms with Gasteiger partial charge in [-0.1, -0.05) is 0 Å². The molecule has 19 heavy (non-hydrogen) atoms. The van der Waals surface area contributed by atoms with Crippen LogP contribution in [-0.2, 0) is 4.74 Å². The average molecular weight is 265 g/mol. The molecule has 5 heteroatoms. The standard InChI is InChI=1S/C14H19NO4/c1-2-13-14(19-10-18-13)9-12(1)17-8-7-16-11-3-5-15-6-4-11/h1-2,9,11,15H,3-8,10H2. The first-order chi connectivity index (χ1) is 9.42. The molecule has 1 N–H and O–H groups in total. The third-order valence-electron chi connectivity index (χ3n) is 3.34. The Morgan fingerprint density at radius 2 is 1.95 bits per heavy atom. The average Bonchev–Trinajstić information content (AvgIpc) is 2.92. The normalized spacial score (nSPS) is 18.5. The number of hydrogen-bond acceptors (Lipinski definition) is 5. The molecule has 5 nitrogen and oxygen atoms in total. The summed E-state index contributed by atoms with van der Waals surface area (Å²) in [7, 11) is 0. The molecule has 1 aromatic rings. The zero-order valence-electron chi connectivity index (χ0n) is 10.9. The third kappa shape index (κ3) is 3.30. The Hall–Kier alpha value is -1.46. The molecule has 3 rings (SSSR count). The molecule has 2 aliphatic rings. The van der Waals surface area contributed by atoms with Crippen LogP contribution >= 0.6 is 0 Å². The molecular formula is C14H19NO4. The van der Waals surface area contributed by atoms with Gasteiger partial charge in [0.2, 0.25) is 6.79 Å². The second-order valence-electron chi connectivity index (χ2n) is 4.68. The Kier molecular flexibility index (Phi) is 4.05. The smallest absolute Gasteiger partial charge is 0.231 e. The molecule has 0 aromatic heterocycles. The van der Waals surface area contributed by atoms with E-state index in [0.29, 0.717) is 19.3 Å². The third-order valence-corrected chi connectivity index (χ3v) is 3.34. The highest BCUT2D eigenvalue weighted by atomic mass is 16.7. The van der Waals surface area contributed by atoms with Crippen LogP contribution in [-0.4, -0.2) is 39.2 Å². The highest BCUT2D eigenvalue weighted by Gasteiger charge is 2.14. The second-order valence-corrected chi connectivity index (χ2v) is 4.68. The Labute approximate surface area is 112 Å². The Morgan fingerprint density at radius 3 is 2.84 bits per heavy atom. The van der Waals surface area contributed by atoms with Gasteiger partial charge in [0.1, 0.15) is 12.4 Å². The highest BCUT2D eigenvalue weighted by molar-refractivity contribution is 5.46. The summed E-state index contributed by atoms with van der Waals surface area (Å²) in [6, 6.07) is 5.61. The van der Waals surface area contributed by atoms with E-state index in [1.165, 1.54) is 0 Å². The summed E-state index contributed by atoms with van der Waals surface area (Å²) in [6.45, 7) is 3.57. The number of benzene rings is 1. The van der Waals surface area contributed by atoms with E-state index in [1.807, 2.05) is 18.2 Å². The number of piperidine rings is 1. The first kappa shape index (κ1) is 12.6. The SMILES string of the molecule is c1cc2c(cc1OCCOC1CCNCC1)OCO2. The van der Waals surface area contributed by atoms with E-state index in [-0.39, 0.29) is 6.79 Å². The van der Waals surface area contributed by atoms with Gasteiger partial charge in [0.25, 0.3) is 0 Å². The number of ether oxygens (including phenoxy) is 4. The zero-order valence-corrected chi connectivity index (χ0v) is 10.9. The fourth-order valence-corrected chi connectivity index (χ4v) is 2.30. The predicted molar refractivity (Wildman–Crippen MR) is 69.9 cm³/mol. The molecule has 0 amide bonds. The molecule has 0 aliphatic carbocycles. The fraction of sp³-hybridized carbons (Fsp3) is 0.571. The van der Waals surface area contributed by atoms with E-state index in [4.69, 9.17) is 18.9 Å². The molecule has 2 aliphatic heterocycles. The topological polar surface area (TPSA) is 49.0 Å². The first-order valence-corrected chi connectivity index (χ1v) is 6.76. The fourth-order valence-electron chi connectivity index (χ4n) is 2.30. The number of fused-ring (bicyclic) bond motifs is 1. The van der Waals surface area contributed by atoms with Gasteiger partial charge in [-0.25, -0.2) is 0 Å². The van der Waals surface area contributed by atoms with Crippen molar-refractivity contribution in [3.8, 4) is 17.2 Å². The first-order valence-electron chi connectivity index (χ1n) is 6.76. The lowest BCUT2D eigenvalue weighted by molar-refractivity contribution is 0.0168. The summed E-state index contributed by atoms with van der Waals surface area (Å²) < 4.78 is 22.0. The van der Waals surface area contributed by atoms with Crippen molar-refractivity contribution < 1.29 is 18.9 Å². The quantitative estimate of drug-likeness (QED) is 0.819. The van der Waals surface area contributed by atoms with Gasteiger partial charge in [0, 0.05) is 6.07 Å². The van der Waals surface area contributed by atoms with E-state index >= 15 is 0 Å². The molecule has 0 saturated carbocycles. The Bertz CT molecular complexity index is 418. The van der Waals surface area contributed by atoms with Gasteiger partial charge in [-0.2, -0.15) is 0 Å². The second kappa shape index (κ2) is 6.12. The van der Waals surface area contributed by atoms with Gasteiger partial charge in [-0.15, -0.1) is 0 Å². The minimum Gasteiger partial charge on any atom is -0.491 e. The number of hydrogen-bond donors (Lipinski definition) is 1. The maximum atomic E-state index is 5.78. The van der Waals surface area contributed by atoms with Crippen molar-refractivity contribution in [2.45, 2.75) is 18.9 Å². The van der Waals surface area contributed by atoms with Crippen LogP contribution < -0.4 is 19.5 Å². The monoisotopic (exact) mass is 265 g/mol. The van der Waals surface area contributed by atoms with Crippen LogP contribution in [0.1, 0.15) is 12.8 Å². The highest BCUT2D eigenvalue weighted by Crippen LogP contribution is 2.34. The summed E-state index contributed by atoms with van der Waals surface area (Å²) in [5.41, 5.74) is 0. The van der Waals surface area contributed by atoms with Crippen molar-refractivity contribution in [3.05, 3.63) is 18.2 Å². The lowest BCUT2D eigenvalue weighted by Crippen LogP contribution is -2.33. The molecule has 1 aromatic carbocycles. The molecule has 0 bridgehead atoms. The summed E-state index contributed by atoms with van der Waals surface area (Å²) >= 11 is 0. The van der Waals surface area contributed by atoms with Crippen LogP contribution in [0, 0.1) is 0 Å². The van der Waals surface area contributed by atoms with Crippen molar-refractivity contribution in [1.29, 1.82) is 0 Å². The van der Waals surface area contributed by atoms with Gasteiger partial charge in [0.05, 0.1) is 12.7 Å². The van der Waals surface area contributed by atoms with Crippen molar-refractivity contribution in [1.82, 2.24) is 5.32 Å². The molecule has 2 heterocycles. The van der Waals surface area contributed by atoms with E-state index in [2.05, 4.69) is 5.32 Å². The lowest BCUT2D eigenvalue weighted by atomic mass is 10.1. The molecule has 1 fully saturated rings. The van der Waals surface area contributed by atoms with Crippen LogP contribution in [0.25, 0.3) is 0 Å². The van der Waals surface area contributed by atoms with Crippen LogP contribution in [0.15, 0.2) is 18.2 Å². The Morgan fingerprint density at radius 1 is 1.11 bits per heavy atom. The van der Waals surface area contributed by atoms with Gasteiger partial charge in [-0.3, -0.25) is 0 Å². The predicted octanol–water partition coefficient (Wildman–Crippen LogP) is 1.56. The molecule has 104 valence electrons. The van der Waals surface area contributed by atoms with Crippen molar-refractivity contribution >= 4 is 0 Å². The summed E-state index contributed by atoms with van der Waals surface area (Å²) in [4.78, 5) is 0. The minimum atomic E-state index is 0.289. The van der Waals surface area contributed by atoms with E-state index in [1.54, 1.807) is 0 Å². The van der Waals surface area contributed by atoms with Gasteiger partial charge < -0.3 is 24.3 Å². The summed E-state index contributed by atoms with van der Waals surface area (Å²) in [5.74, 6) is 2.31. The van der Waals surface area contributed by atoms with Crippen LogP contribution in [0.3, 0.4) is 0 Å². The van der Waals surface area contributed by atoms with Gasteiger partial charge in [-0.05, 0) is 38.1 Å². The molecule has 0 atom stereocenters. The zero-order chi connectivity index (χ0) is 12.9. The van der Waals surface area contributed by atoms with Crippen LogP contribution in [0.4, 0.5) is 0 Å². The minimum absolute atomic E-state index is 0.289. The number of nitrogens with one attached hydrogen (secondary N) is 1. The number of rotatable bonds is 5. The molecule has 1 saturated heterocycles. The molecule has 0 unspecified atom stereocenters. The summed E-state index contributed by atoms with van der Waals surface area (Å²) in [5, 5.41) is 3.32. The lowest BCUT2D eigenvalue weighted by Gasteiger charge is -2.22. The van der Waals surface area contributed by atoms with E-state index in [9.17, 15) is 0 Å². The van der Waals surface area contributed by atoms with Crippen molar-refractivity contribution in [3.63, 3.8) is 0 Å². The largest absolute Gasteiger partial charge is 0.491 e. The van der Waals surface area contributed by atoms with Gasteiger partial charge in [0.15, 0.2) is 11.5 Å². The maximum absolute atomic E-state index is 5.78. The Balaban J connectivity index is 1.40. The molecule has 0 spiro atoms. The van der Waals surface area contributed by atoms with E-state index in [0.717, 1.165) is 43.2 Å². The van der Waals surface area contributed by atoms with Crippen LogP contribution in [0.5, 0.6) is 17.2 Å². The molecule has 0 radical (unpaired) electrons. The summed E-state index contributed by atoms with van der Waals surface area (Å²) in [6.07, 6.45) is 2.55. The van der Waals surface area contributed by atoms with Gasteiger partial charge >= 0.3 is 0 Å². The van der Waals surface area contributed by atoms with Crippen LogP contribution in [0.2, 0.25) is 0 Å².